The van der Waals surface area contributed by atoms with Crippen LogP contribution in [0.2, 0.25) is 0 Å². The largest absolute Gasteiger partial charge is 0.350 e. The van der Waals surface area contributed by atoms with Gasteiger partial charge in [0.05, 0.1) is 0 Å². The van der Waals surface area contributed by atoms with Crippen molar-refractivity contribution in [1.29, 1.82) is 0 Å². The molecule has 6 heteroatoms. The molecule has 134 valence electrons. The first kappa shape index (κ1) is 17.7. The van der Waals surface area contributed by atoms with E-state index >= 15 is 0 Å². The molecule has 0 atom stereocenters. The Morgan fingerprint density at radius 2 is 1.58 bits per heavy atom. The minimum Gasteiger partial charge on any atom is -0.350 e. The Balaban J connectivity index is 1.50. The molecular formula is C20H21N3O3. The Bertz CT molecular complexity index is 833. The van der Waals surface area contributed by atoms with Gasteiger partial charge in [0.25, 0.3) is 11.8 Å². The SMILES string of the molecule is CC(=O)N1CCc2cc(C(=O)NCCNC(=O)c3ccccc3)ccc21. The number of anilines is 1. The average Bonchev–Trinajstić information content (AvgIpc) is 3.09. The van der Waals surface area contributed by atoms with Gasteiger partial charge in [0.1, 0.15) is 0 Å². The third kappa shape index (κ3) is 3.91. The maximum atomic E-state index is 12.3. The molecule has 0 spiro atoms. The predicted molar refractivity (Wildman–Crippen MR) is 99.3 cm³/mol. The van der Waals surface area contributed by atoms with Crippen molar-refractivity contribution in [2.24, 2.45) is 0 Å². The van der Waals surface area contributed by atoms with Crippen LogP contribution in [-0.2, 0) is 11.2 Å². The van der Waals surface area contributed by atoms with Gasteiger partial charge in [-0.3, -0.25) is 14.4 Å². The molecule has 0 unspecified atom stereocenters. The topological polar surface area (TPSA) is 78.5 Å². The summed E-state index contributed by atoms with van der Waals surface area (Å²) >= 11 is 0. The zero-order valence-corrected chi connectivity index (χ0v) is 14.6. The minimum atomic E-state index is -0.192. The molecule has 0 aromatic heterocycles. The minimum absolute atomic E-state index is 0.00936. The Kier molecular flexibility index (Phi) is 5.31. The normalized spacial score (nSPS) is 12.4. The lowest BCUT2D eigenvalue weighted by atomic mass is 10.1. The highest BCUT2D eigenvalue weighted by Crippen LogP contribution is 2.28. The number of carbonyl (C=O) groups excluding carboxylic acids is 3. The molecule has 0 bridgehead atoms. The summed E-state index contributed by atoms with van der Waals surface area (Å²) in [7, 11) is 0. The van der Waals surface area contributed by atoms with E-state index < -0.39 is 0 Å². The number of benzene rings is 2. The molecule has 0 saturated carbocycles. The van der Waals surface area contributed by atoms with Crippen LogP contribution >= 0.6 is 0 Å². The second-order valence-electron chi connectivity index (χ2n) is 6.14. The number of hydrogen-bond acceptors (Lipinski definition) is 3. The zero-order chi connectivity index (χ0) is 18.5. The van der Waals surface area contributed by atoms with Gasteiger partial charge in [0.15, 0.2) is 0 Å². The Hall–Kier alpha value is -3.15. The number of amides is 3. The van der Waals surface area contributed by atoms with Crippen molar-refractivity contribution in [3.05, 3.63) is 65.2 Å². The van der Waals surface area contributed by atoms with E-state index in [9.17, 15) is 14.4 Å². The molecule has 2 aromatic carbocycles. The highest BCUT2D eigenvalue weighted by atomic mass is 16.2. The van der Waals surface area contributed by atoms with Gasteiger partial charge in [-0.25, -0.2) is 0 Å². The van der Waals surface area contributed by atoms with Gasteiger partial charge in [-0.05, 0) is 42.3 Å². The Morgan fingerprint density at radius 3 is 2.23 bits per heavy atom. The third-order valence-corrected chi connectivity index (χ3v) is 4.35. The van der Waals surface area contributed by atoms with Gasteiger partial charge in [-0.1, -0.05) is 18.2 Å². The quantitative estimate of drug-likeness (QED) is 0.806. The molecular weight excluding hydrogens is 330 g/mol. The van der Waals surface area contributed by atoms with Crippen LogP contribution in [0.15, 0.2) is 48.5 Å². The van der Waals surface area contributed by atoms with E-state index in [1.807, 2.05) is 18.2 Å². The summed E-state index contributed by atoms with van der Waals surface area (Å²) in [5.41, 5.74) is 3.03. The van der Waals surface area contributed by atoms with E-state index in [0.717, 1.165) is 17.7 Å². The molecule has 26 heavy (non-hydrogen) atoms. The van der Waals surface area contributed by atoms with Crippen LogP contribution in [0.4, 0.5) is 5.69 Å². The molecule has 1 heterocycles. The van der Waals surface area contributed by atoms with Crippen molar-refractivity contribution >= 4 is 23.4 Å². The number of nitrogens with one attached hydrogen (secondary N) is 2. The Morgan fingerprint density at radius 1 is 0.923 bits per heavy atom. The summed E-state index contributed by atoms with van der Waals surface area (Å²) in [5, 5.41) is 5.56. The molecule has 6 nitrogen and oxygen atoms in total. The van der Waals surface area contributed by atoms with Crippen LogP contribution < -0.4 is 15.5 Å². The number of fused-ring (bicyclic) bond motifs is 1. The first-order valence-corrected chi connectivity index (χ1v) is 8.59. The fraction of sp³-hybridized carbons (Fsp3) is 0.250. The van der Waals surface area contributed by atoms with Gasteiger partial charge >= 0.3 is 0 Å². The van der Waals surface area contributed by atoms with Crippen LogP contribution in [-0.4, -0.2) is 37.4 Å². The van der Waals surface area contributed by atoms with Crippen molar-refractivity contribution < 1.29 is 14.4 Å². The standard InChI is InChI=1S/C20H21N3O3/c1-14(24)23-12-9-16-13-17(7-8-18(16)23)20(26)22-11-10-21-19(25)15-5-3-2-4-6-15/h2-8,13H,9-12H2,1H3,(H,21,25)(H,22,26). The van der Waals surface area contributed by atoms with E-state index in [1.54, 1.807) is 42.2 Å². The van der Waals surface area contributed by atoms with Gasteiger partial charge in [0.2, 0.25) is 5.91 Å². The monoisotopic (exact) mass is 351 g/mol. The van der Waals surface area contributed by atoms with Crippen molar-refractivity contribution in [3.8, 4) is 0 Å². The summed E-state index contributed by atoms with van der Waals surface area (Å²) in [4.78, 5) is 37.5. The third-order valence-electron chi connectivity index (χ3n) is 4.35. The number of nitrogens with zero attached hydrogens (tertiary/aromatic N) is 1. The molecule has 3 rings (SSSR count). The highest BCUT2D eigenvalue weighted by molar-refractivity contribution is 5.98. The summed E-state index contributed by atoms with van der Waals surface area (Å²) in [5.74, 6) is -0.347. The Labute approximate surface area is 152 Å². The van der Waals surface area contributed by atoms with Crippen molar-refractivity contribution in [1.82, 2.24) is 10.6 Å². The van der Waals surface area contributed by atoms with Crippen molar-refractivity contribution in [2.75, 3.05) is 24.5 Å². The summed E-state index contributed by atoms with van der Waals surface area (Å²) < 4.78 is 0. The van der Waals surface area contributed by atoms with Gasteiger partial charge in [-0.2, -0.15) is 0 Å². The van der Waals surface area contributed by atoms with E-state index in [0.29, 0.717) is 30.8 Å². The number of carbonyl (C=O) groups is 3. The lowest BCUT2D eigenvalue weighted by molar-refractivity contribution is -0.116. The molecule has 2 N–H and O–H groups in total. The van der Waals surface area contributed by atoms with Gasteiger partial charge < -0.3 is 15.5 Å². The van der Waals surface area contributed by atoms with Gasteiger partial charge in [-0.15, -0.1) is 0 Å². The van der Waals surface area contributed by atoms with E-state index in [2.05, 4.69) is 10.6 Å². The lowest BCUT2D eigenvalue weighted by Gasteiger charge is -2.14. The van der Waals surface area contributed by atoms with Crippen LogP contribution in [0.1, 0.15) is 33.2 Å². The lowest BCUT2D eigenvalue weighted by Crippen LogP contribution is -2.34. The number of rotatable bonds is 5. The molecule has 1 aliphatic rings. The first-order chi connectivity index (χ1) is 12.6. The van der Waals surface area contributed by atoms with Crippen LogP contribution in [0.25, 0.3) is 0 Å². The molecule has 0 aliphatic carbocycles. The fourth-order valence-corrected chi connectivity index (χ4v) is 3.02. The predicted octanol–water partition coefficient (Wildman–Crippen LogP) is 1.76. The first-order valence-electron chi connectivity index (χ1n) is 8.59. The molecule has 2 aromatic rings. The van der Waals surface area contributed by atoms with Crippen LogP contribution in [0.5, 0.6) is 0 Å². The summed E-state index contributed by atoms with van der Waals surface area (Å²) in [6.07, 6.45) is 0.753. The molecule has 0 saturated heterocycles. The smallest absolute Gasteiger partial charge is 0.251 e. The molecule has 1 aliphatic heterocycles. The number of hydrogen-bond donors (Lipinski definition) is 2. The van der Waals surface area contributed by atoms with E-state index in [4.69, 9.17) is 0 Å². The highest BCUT2D eigenvalue weighted by Gasteiger charge is 2.23. The summed E-state index contributed by atoms with van der Waals surface area (Å²) in [6, 6.07) is 14.3. The zero-order valence-electron chi connectivity index (χ0n) is 14.6. The van der Waals surface area contributed by atoms with Crippen molar-refractivity contribution in [2.45, 2.75) is 13.3 Å². The fourth-order valence-electron chi connectivity index (χ4n) is 3.02. The molecule has 3 amide bonds. The second kappa shape index (κ2) is 7.82. The molecule has 0 fully saturated rings. The van der Waals surface area contributed by atoms with Crippen molar-refractivity contribution in [3.63, 3.8) is 0 Å². The van der Waals surface area contributed by atoms with Crippen LogP contribution in [0.3, 0.4) is 0 Å². The average molecular weight is 351 g/mol. The maximum Gasteiger partial charge on any atom is 0.251 e. The van der Waals surface area contributed by atoms with E-state index in [1.165, 1.54) is 0 Å². The van der Waals surface area contributed by atoms with E-state index in [-0.39, 0.29) is 17.7 Å². The second-order valence-corrected chi connectivity index (χ2v) is 6.14. The van der Waals surface area contributed by atoms with Crippen LogP contribution in [0, 0.1) is 0 Å². The van der Waals surface area contributed by atoms with Gasteiger partial charge in [0, 0.05) is 43.4 Å². The summed E-state index contributed by atoms with van der Waals surface area (Å²) in [6.45, 7) is 2.89. The maximum absolute atomic E-state index is 12.3. The molecule has 0 radical (unpaired) electrons.